The standard InChI is InChI=1S/C11H16N/c1-9-7-5-6-8-11(9)10(2)12(3)4/h5-8,10H,1H2,2-4H3. The van der Waals surface area contributed by atoms with Gasteiger partial charge in [0.25, 0.3) is 0 Å². The summed E-state index contributed by atoms with van der Waals surface area (Å²) in [5.41, 5.74) is 2.43. The van der Waals surface area contributed by atoms with Crippen LogP contribution in [-0.2, 0) is 0 Å². The van der Waals surface area contributed by atoms with Crippen LogP contribution in [0.5, 0.6) is 0 Å². The van der Waals surface area contributed by atoms with E-state index in [0.29, 0.717) is 6.04 Å². The van der Waals surface area contributed by atoms with Crippen molar-refractivity contribution in [1.29, 1.82) is 0 Å². The number of benzene rings is 1. The molecule has 1 nitrogen and oxygen atoms in total. The zero-order valence-electron chi connectivity index (χ0n) is 8.04. The molecule has 0 aliphatic heterocycles. The first-order valence-electron chi connectivity index (χ1n) is 4.20. The van der Waals surface area contributed by atoms with Gasteiger partial charge in [-0.2, -0.15) is 0 Å². The highest BCUT2D eigenvalue weighted by Gasteiger charge is 2.08. The molecule has 0 aliphatic carbocycles. The van der Waals surface area contributed by atoms with Gasteiger partial charge in [-0.25, -0.2) is 0 Å². The normalized spacial score (nSPS) is 13.4. The van der Waals surface area contributed by atoms with Crippen LogP contribution in [0, 0.1) is 6.92 Å². The lowest BCUT2D eigenvalue weighted by atomic mass is 10.0. The molecule has 1 atom stereocenters. The molecule has 0 spiro atoms. The van der Waals surface area contributed by atoms with Crippen LogP contribution in [-0.4, -0.2) is 19.0 Å². The summed E-state index contributed by atoms with van der Waals surface area (Å²) < 4.78 is 0. The van der Waals surface area contributed by atoms with Gasteiger partial charge in [-0.05, 0) is 39.1 Å². The van der Waals surface area contributed by atoms with Gasteiger partial charge in [-0.1, -0.05) is 24.3 Å². The lowest BCUT2D eigenvalue weighted by Gasteiger charge is -2.21. The van der Waals surface area contributed by atoms with Crippen LogP contribution in [0.25, 0.3) is 0 Å². The van der Waals surface area contributed by atoms with E-state index in [1.165, 1.54) is 5.56 Å². The largest absolute Gasteiger partial charge is 0.303 e. The van der Waals surface area contributed by atoms with Gasteiger partial charge >= 0.3 is 0 Å². The fraction of sp³-hybridized carbons (Fsp3) is 0.364. The van der Waals surface area contributed by atoms with Crippen molar-refractivity contribution in [1.82, 2.24) is 4.90 Å². The summed E-state index contributed by atoms with van der Waals surface area (Å²) in [4.78, 5) is 2.18. The molecule has 0 bridgehead atoms. The van der Waals surface area contributed by atoms with E-state index in [1.807, 2.05) is 6.07 Å². The predicted octanol–water partition coefficient (Wildman–Crippen LogP) is 2.49. The van der Waals surface area contributed by atoms with Crippen molar-refractivity contribution in [3.05, 3.63) is 42.3 Å². The van der Waals surface area contributed by atoms with Crippen molar-refractivity contribution < 1.29 is 0 Å². The molecule has 1 radical (unpaired) electrons. The molecule has 0 aromatic heterocycles. The first-order valence-corrected chi connectivity index (χ1v) is 4.20. The van der Waals surface area contributed by atoms with Crippen LogP contribution in [0.3, 0.4) is 0 Å². The average Bonchev–Trinajstić information content (AvgIpc) is 2.04. The Morgan fingerprint density at radius 2 is 1.83 bits per heavy atom. The van der Waals surface area contributed by atoms with Crippen LogP contribution in [0.2, 0.25) is 0 Å². The number of rotatable bonds is 2. The van der Waals surface area contributed by atoms with E-state index in [2.05, 4.69) is 51.0 Å². The van der Waals surface area contributed by atoms with Gasteiger partial charge in [0.1, 0.15) is 0 Å². The highest BCUT2D eigenvalue weighted by atomic mass is 15.1. The van der Waals surface area contributed by atoms with Crippen LogP contribution in [0.4, 0.5) is 0 Å². The zero-order valence-corrected chi connectivity index (χ0v) is 8.04. The first kappa shape index (κ1) is 9.27. The Kier molecular flexibility index (Phi) is 2.88. The summed E-state index contributed by atoms with van der Waals surface area (Å²) in [6.07, 6.45) is 0. The summed E-state index contributed by atoms with van der Waals surface area (Å²) in [7, 11) is 4.16. The minimum atomic E-state index is 0.443. The second-order valence-electron chi connectivity index (χ2n) is 3.34. The average molecular weight is 162 g/mol. The topological polar surface area (TPSA) is 3.24 Å². The Bertz CT molecular complexity index is 253. The van der Waals surface area contributed by atoms with Gasteiger partial charge in [0.05, 0.1) is 0 Å². The van der Waals surface area contributed by atoms with E-state index in [9.17, 15) is 0 Å². The Labute approximate surface area is 75.0 Å². The van der Waals surface area contributed by atoms with Gasteiger partial charge < -0.3 is 4.90 Å². The number of hydrogen-bond acceptors (Lipinski definition) is 1. The fourth-order valence-electron chi connectivity index (χ4n) is 1.22. The minimum absolute atomic E-state index is 0.443. The van der Waals surface area contributed by atoms with Crippen molar-refractivity contribution in [3.63, 3.8) is 0 Å². The van der Waals surface area contributed by atoms with E-state index in [-0.39, 0.29) is 0 Å². The van der Waals surface area contributed by atoms with E-state index in [1.54, 1.807) is 0 Å². The van der Waals surface area contributed by atoms with Crippen LogP contribution >= 0.6 is 0 Å². The molecule has 1 rings (SSSR count). The lowest BCUT2D eigenvalue weighted by Crippen LogP contribution is -2.17. The molecule has 1 aromatic carbocycles. The molecule has 0 fully saturated rings. The summed E-state index contributed by atoms with van der Waals surface area (Å²) in [5.74, 6) is 0. The Balaban J connectivity index is 2.94. The molecule has 12 heavy (non-hydrogen) atoms. The summed E-state index contributed by atoms with van der Waals surface area (Å²) in [6.45, 7) is 6.18. The maximum absolute atomic E-state index is 4.00. The fourth-order valence-corrected chi connectivity index (χ4v) is 1.22. The summed E-state index contributed by atoms with van der Waals surface area (Å²) in [5, 5.41) is 0. The van der Waals surface area contributed by atoms with Gasteiger partial charge in [0.15, 0.2) is 0 Å². The summed E-state index contributed by atoms with van der Waals surface area (Å²) >= 11 is 0. The minimum Gasteiger partial charge on any atom is -0.303 e. The molecule has 0 aliphatic rings. The van der Waals surface area contributed by atoms with Crippen molar-refractivity contribution in [3.8, 4) is 0 Å². The molecule has 0 saturated carbocycles. The molecule has 0 N–H and O–H groups in total. The maximum Gasteiger partial charge on any atom is 0.0316 e. The van der Waals surface area contributed by atoms with Gasteiger partial charge in [-0.3, -0.25) is 0 Å². The van der Waals surface area contributed by atoms with Gasteiger partial charge in [0.2, 0.25) is 0 Å². The SMILES string of the molecule is [CH2]c1ccccc1C(C)N(C)C. The van der Waals surface area contributed by atoms with Crippen LogP contribution in [0.15, 0.2) is 24.3 Å². The molecule has 1 unspecified atom stereocenters. The number of hydrogen-bond donors (Lipinski definition) is 0. The highest BCUT2D eigenvalue weighted by molar-refractivity contribution is 5.31. The van der Waals surface area contributed by atoms with Crippen molar-refractivity contribution in [2.45, 2.75) is 13.0 Å². The highest BCUT2D eigenvalue weighted by Crippen LogP contribution is 2.20. The monoisotopic (exact) mass is 162 g/mol. The van der Waals surface area contributed by atoms with Crippen molar-refractivity contribution in [2.75, 3.05) is 14.1 Å². The lowest BCUT2D eigenvalue weighted by molar-refractivity contribution is 0.320. The quantitative estimate of drug-likeness (QED) is 0.645. The molecular formula is C11H16N. The van der Waals surface area contributed by atoms with E-state index >= 15 is 0 Å². The number of nitrogens with zero attached hydrogens (tertiary/aromatic N) is 1. The zero-order chi connectivity index (χ0) is 9.14. The predicted molar refractivity (Wildman–Crippen MR) is 53.0 cm³/mol. The summed E-state index contributed by atoms with van der Waals surface area (Å²) in [6, 6.07) is 8.71. The molecule has 1 aromatic rings. The maximum atomic E-state index is 4.00. The second kappa shape index (κ2) is 3.72. The Morgan fingerprint density at radius 3 is 2.33 bits per heavy atom. The van der Waals surface area contributed by atoms with E-state index in [4.69, 9.17) is 0 Å². The van der Waals surface area contributed by atoms with Crippen molar-refractivity contribution in [2.24, 2.45) is 0 Å². The molecule has 0 heterocycles. The first-order chi connectivity index (χ1) is 5.63. The van der Waals surface area contributed by atoms with E-state index < -0.39 is 0 Å². The third kappa shape index (κ3) is 1.86. The second-order valence-corrected chi connectivity index (χ2v) is 3.34. The molecule has 0 amide bonds. The molecule has 0 saturated heterocycles. The van der Waals surface area contributed by atoms with E-state index in [0.717, 1.165) is 5.56 Å². The third-order valence-corrected chi connectivity index (χ3v) is 2.28. The third-order valence-electron chi connectivity index (χ3n) is 2.28. The van der Waals surface area contributed by atoms with Gasteiger partial charge in [-0.15, -0.1) is 0 Å². The van der Waals surface area contributed by atoms with Crippen LogP contribution < -0.4 is 0 Å². The molecular weight excluding hydrogens is 146 g/mol. The molecule has 1 heteroatoms. The Morgan fingerprint density at radius 1 is 1.25 bits per heavy atom. The molecule has 65 valence electrons. The smallest absolute Gasteiger partial charge is 0.0316 e. The van der Waals surface area contributed by atoms with Gasteiger partial charge in [0, 0.05) is 6.04 Å². The van der Waals surface area contributed by atoms with Crippen molar-refractivity contribution >= 4 is 0 Å². The Hall–Kier alpha value is -0.820. The van der Waals surface area contributed by atoms with Crippen LogP contribution in [0.1, 0.15) is 24.1 Å².